The van der Waals surface area contributed by atoms with Crippen molar-refractivity contribution in [3.05, 3.63) is 23.2 Å². The van der Waals surface area contributed by atoms with Crippen LogP contribution in [0.2, 0.25) is 0 Å². The van der Waals surface area contributed by atoms with Gasteiger partial charge >= 0.3 is 0 Å². The van der Waals surface area contributed by atoms with Crippen LogP contribution in [-0.2, 0) is 0 Å². The molecule has 0 unspecified atom stereocenters. The van der Waals surface area contributed by atoms with Crippen molar-refractivity contribution in [1.82, 2.24) is 0 Å². The summed E-state index contributed by atoms with van der Waals surface area (Å²) in [6.07, 6.45) is 9.09. The summed E-state index contributed by atoms with van der Waals surface area (Å²) in [4.78, 5) is 0. The average molecular weight is 284 g/mol. The first-order valence-corrected chi connectivity index (χ1v) is 6.91. The van der Waals surface area contributed by atoms with E-state index in [4.69, 9.17) is 28.9 Å². The van der Waals surface area contributed by atoms with E-state index in [1.807, 2.05) is 0 Å². The van der Waals surface area contributed by atoms with Crippen LogP contribution in [0.5, 0.6) is 0 Å². The minimum absolute atomic E-state index is 0.251. The smallest absolute Gasteiger partial charge is 0.0126 e. The van der Waals surface area contributed by atoms with Crippen LogP contribution < -0.4 is 5.73 Å². The summed E-state index contributed by atoms with van der Waals surface area (Å²) in [6, 6.07) is 0.251. The van der Waals surface area contributed by atoms with Crippen LogP contribution in [0.15, 0.2) is 23.2 Å². The molecule has 0 fully saturated rings. The predicted octanol–water partition coefficient (Wildman–Crippen LogP) is 4.17. The van der Waals surface area contributed by atoms with Crippen LogP contribution in [0.3, 0.4) is 0 Å². The fraction of sp³-hybridized carbons (Fsp3) is 0.467. The van der Waals surface area contributed by atoms with Gasteiger partial charge in [0.1, 0.15) is 0 Å². The zero-order chi connectivity index (χ0) is 13.5. The normalized spacial score (nSPS) is 10.4. The standard InChI is InChI=1S/C15H19Cl2N/c16-13-9-5-1-3-7-11-15(18)12-8-4-2-6-10-14-17/h9-10,13-15H,3-4,7-8,11-12,18H2/b13-9+,14-10+. The third kappa shape index (κ3) is 13.2. The lowest BCUT2D eigenvalue weighted by molar-refractivity contribution is 0.536. The van der Waals surface area contributed by atoms with E-state index >= 15 is 0 Å². The highest BCUT2D eigenvalue weighted by molar-refractivity contribution is 6.25. The maximum atomic E-state index is 5.99. The molecule has 0 saturated carbocycles. The van der Waals surface area contributed by atoms with Gasteiger partial charge < -0.3 is 5.73 Å². The molecule has 0 aromatic heterocycles. The van der Waals surface area contributed by atoms with Crippen molar-refractivity contribution < 1.29 is 0 Å². The SMILES string of the molecule is NC(CCCC#C/C=C/Cl)CCCC#C/C=C/Cl. The van der Waals surface area contributed by atoms with Gasteiger partial charge in [-0.05, 0) is 37.8 Å². The van der Waals surface area contributed by atoms with Gasteiger partial charge in [0.25, 0.3) is 0 Å². The lowest BCUT2D eigenvalue weighted by atomic mass is 10.0. The predicted molar refractivity (Wildman–Crippen MR) is 81.2 cm³/mol. The summed E-state index contributed by atoms with van der Waals surface area (Å²) in [6.45, 7) is 0. The highest BCUT2D eigenvalue weighted by atomic mass is 35.5. The molecule has 0 spiro atoms. The van der Waals surface area contributed by atoms with Crippen LogP contribution in [0.25, 0.3) is 0 Å². The zero-order valence-electron chi connectivity index (χ0n) is 10.5. The van der Waals surface area contributed by atoms with E-state index in [2.05, 4.69) is 23.7 Å². The highest BCUT2D eigenvalue weighted by Crippen LogP contribution is 2.05. The summed E-state index contributed by atoms with van der Waals surface area (Å²) >= 11 is 10.7. The first-order chi connectivity index (χ1) is 8.81. The second kappa shape index (κ2) is 14.2. The average Bonchev–Trinajstić information content (AvgIpc) is 2.38. The number of nitrogens with two attached hydrogens (primary N) is 1. The van der Waals surface area contributed by atoms with E-state index in [-0.39, 0.29) is 6.04 Å². The number of allylic oxidation sites excluding steroid dienone is 2. The molecule has 3 heteroatoms. The molecule has 1 nitrogen and oxygen atoms in total. The van der Waals surface area contributed by atoms with Crippen LogP contribution >= 0.6 is 23.2 Å². The summed E-state index contributed by atoms with van der Waals surface area (Å²) in [5, 5.41) is 0. The van der Waals surface area contributed by atoms with E-state index in [1.165, 1.54) is 11.1 Å². The van der Waals surface area contributed by atoms with Gasteiger partial charge in [-0.1, -0.05) is 46.9 Å². The number of rotatable bonds is 6. The first kappa shape index (κ1) is 17.1. The third-order valence-electron chi connectivity index (χ3n) is 2.25. The van der Waals surface area contributed by atoms with Crippen molar-refractivity contribution in [3.63, 3.8) is 0 Å². The summed E-state index contributed by atoms with van der Waals surface area (Å²) < 4.78 is 0. The molecule has 0 heterocycles. The quantitative estimate of drug-likeness (QED) is 0.575. The molecular weight excluding hydrogens is 265 g/mol. The topological polar surface area (TPSA) is 26.0 Å². The second-order valence-electron chi connectivity index (χ2n) is 3.77. The minimum atomic E-state index is 0.251. The maximum Gasteiger partial charge on any atom is 0.0126 e. The first-order valence-electron chi connectivity index (χ1n) is 6.04. The van der Waals surface area contributed by atoms with Crippen LogP contribution in [0.4, 0.5) is 0 Å². The molecule has 98 valence electrons. The molecule has 2 N–H and O–H groups in total. The molecule has 0 radical (unpaired) electrons. The molecule has 0 rings (SSSR count). The summed E-state index contributed by atoms with van der Waals surface area (Å²) in [5.74, 6) is 11.7. The second-order valence-corrected chi connectivity index (χ2v) is 4.28. The Bertz CT molecular complexity index is 327. The van der Waals surface area contributed by atoms with Gasteiger partial charge in [0.05, 0.1) is 0 Å². The Labute approximate surface area is 120 Å². The van der Waals surface area contributed by atoms with Crippen molar-refractivity contribution in [2.24, 2.45) is 5.73 Å². The zero-order valence-corrected chi connectivity index (χ0v) is 12.0. The maximum absolute atomic E-state index is 5.99. The summed E-state index contributed by atoms with van der Waals surface area (Å²) in [7, 11) is 0. The van der Waals surface area contributed by atoms with Gasteiger partial charge in [-0.15, -0.1) is 0 Å². The van der Waals surface area contributed by atoms with Crippen molar-refractivity contribution in [2.75, 3.05) is 0 Å². The van der Waals surface area contributed by atoms with Crippen molar-refractivity contribution in [3.8, 4) is 23.7 Å². The summed E-state index contributed by atoms with van der Waals surface area (Å²) in [5.41, 5.74) is 8.82. The van der Waals surface area contributed by atoms with Crippen molar-refractivity contribution >= 4 is 23.2 Å². The van der Waals surface area contributed by atoms with Crippen LogP contribution in [0.1, 0.15) is 38.5 Å². The number of hydrogen-bond acceptors (Lipinski definition) is 1. The molecule has 0 aliphatic heterocycles. The van der Waals surface area contributed by atoms with Gasteiger partial charge in [-0.25, -0.2) is 0 Å². The van der Waals surface area contributed by atoms with Crippen molar-refractivity contribution in [2.45, 2.75) is 44.6 Å². The number of hydrogen-bond donors (Lipinski definition) is 1. The minimum Gasteiger partial charge on any atom is -0.328 e. The van der Waals surface area contributed by atoms with Crippen LogP contribution in [0, 0.1) is 23.7 Å². The molecule has 0 aliphatic rings. The third-order valence-corrected chi connectivity index (χ3v) is 2.50. The van der Waals surface area contributed by atoms with Gasteiger partial charge in [0, 0.05) is 30.0 Å². The molecule has 0 bridgehead atoms. The lowest BCUT2D eigenvalue weighted by Crippen LogP contribution is -2.19. The highest BCUT2D eigenvalue weighted by Gasteiger charge is 2.00. The van der Waals surface area contributed by atoms with E-state index in [0.29, 0.717) is 0 Å². The molecule has 0 atom stereocenters. The molecule has 0 aromatic rings. The Morgan fingerprint density at radius 1 is 0.889 bits per heavy atom. The monoisotopic (exact) mass is 283 g/mol. The Balaban J connectivity index is 3.47. The Kier molecular flexibility index (Phi) is 13.5. The van der Waals surface area contributed by atoms with E-state index in [9.17, 15) is 0 Å². The van der Waals surface area contributed by atoms with E-state index < -0.39 is 0 Å². The molecule has 0 amide bonds. The molecule has 0 aromatic carbocycles. The molecular formula is C15H19Cl2N. The van der Waals surface area contributed by atoms with Gasteiger partial charge in [-0.3, -0.25) is 0 Å². The molecule has 0 aliphatic carbocycles. The molecule has 0 saturated heterocycles. The Hall–Kier alpha value is -0.860. The largest absolute Gasteiger partial charge is 0.328 e. The molecule has 18 heavy (non-hydrogen) atoms. The van der Waals surface area contributed by atoms with Gasteiger partial charge in [-0.2, -0.15) is 0 Å². The van der Waals surface area contributed by atoms with Crippen LogP contribution in [-0.4, -0.2) is 6.04 Å². The number of halogens is 2. The Morgan fingerprint density at radius 3 is 1.72 bits per heavy atom. The van der Waals surface area contributed by atoms with Gasteiger partial charge in [0.15, 0.2) is 0 Å². The van der Waals surface area contributed by atoms with E-state index in [0.717, 1.165) is 38.5 Å². The fourth-order valence-electron chi connectivity index (χ4n) is 1.37. The lowest BCUT2D eigenvalue weighted by Gasteiger charge is -2.08. The fourth-order valence-corrected chi connectivity index (χ4v) is 1.50. The van der Waals surface area contributed by atoms with Crippen molar-refractivity contribution in [1.29, 1.82) is 0 Å². The Morgan fingerprint density at radius 2 is 1.33 bits per heavy atom. The van der Waals surface area contributed by atoms with Gasteiger partial charge in [0.2, 0.25) is 0 Å². The van der Waals surface area contributed by atoms with E-state index in [1.54, 1.807) is 12.2 Å². The number of unbranched alkanes of at least 4 members (excludes halogenated alkanes) is 2.